The van der Waals surface area contributed by atoms with Gasteiger partial charge in [-0.25, -0.2) is 4.98 Å². The number of nitrogens with one attached hydrogen (secondary N) is 1. The van der Waals surface area contributed by atoms with Gasteiger partial charge in [0.2, 0.25) is 5.91 Å². The summed E-state index contributed by atoms with van der Waals surface area (Å²) in [5.41, 5.74) is 2.79. The number of carbonyl (C=O) groups excluding carboxylic acids is 1. The fraction of sp³-hybridized carbons (Fsp3) is 0.120. The number of ether oxygens (including phenoxy) is 2. The van der Waals surface area contributed by atoms with Crippen molar-refractivity contribution in [2.75, 3.05) is 19.5 Å². The first kappa shape index (κ1) is 21.6. The maximum atomic E-state index is 12.7. The molecule has 1 N–H and O–H groups in total. The monoisotopic (exact) mass is 439 g/mol. The van der Waals surface area contributed by atoms with Crippen LogP contribution in [0.15, 0.2) is 60.8 Å². The van der Waals surface area contributed by atoms with Gasteiger partial charge in [0.25, 0.3) is 0 Å². The van der Waals surface area contributed by atoms with E-state index < -0.39 is 5.91 Å². The van der Waals surface area contributed by atoms with E-state index in [2.05, 4.69) is 21.5 Å². The highest BCUT2D eigenvalue weighted by atomic mass is 16.5. The molecule has 8 heteroatoms. The third kappa shape index (κ3) is 4.38. The molecule has 0 aliphatic rings. The number of hydrogen-bond donors (Lipinski definition) is 1. The minimum absolute atomic E-state index is 0.232. The molecule has 2 aromatic carbocycles. The number of fused-ring (bicyclic) bond motifs is 1. The van der Waals surface area contributed by atoms with Gasteiger partial charge in [-0.15, -0.1) is 0 Å². The summed E-state index contributed by atoms with van der Waals surface area (Å²) in [5.74, 6) is 1.50. The molecule has 0 bridgehead atoms. The Bertz CT molecular complexity index is 1420. The number of aryl methyl sites for hydroxylation is 1. The van der Waals surface area contributed by atoms with Gasteiger partial charge in [-0.3, -0.25) is 4.79 Å². The van der Waals surface area contributed by atoms with Crippen LogP contribution >= 0.6 is 0 Å². The van der Waals surface area contributed by atoms with Gasteiger partial charge in [-0.1, -0.05) is 24.3 Å². The average molecular weight is 439 g/mol. The number of pyridine rings is 1. The van der Waals surface area contributed by atoms with E-state index in [0.29, 0.717) is 17.3 Å². The van der Waals surface area contributed by atoms with E-state index in [4.69, 9.17) is 9.47 Å². The number of hydrogen-bond acceptors (Lipinski definition) is 6. The first-order valence-corrected chi connectivity index (χ1v) is 10.1. The number of methoxy groups -OCH3 is 2. The van der Waals surface area contributed by atoms with Gasteiger partial charge in [0, 0.05) is 11.5 Å². The molecule has 8 nitrogen and oxygen atoms in total. The van der Waals surface area contributed by atoms with E-state index in [1.54, 1.807) is 38.5 Å². The van der Waals surface area contributed by atoms with Crippen LogP contribution in [0.5, 0.6) is 11.5 Å². The maximum Gasteiger partial charge on any atom is 0.249 e. The zero-order valence-electron chi connectivity index (χ0n) is 18.4. The fourth-order valence-corrected chi connectivity index (χ4v) is 3.45. The van der Waals surface area contributed by atoms with E-state index in [9.17, 15) is 10.1 Å². The van der Waals surface area contributed by atoms with Gasteiger partial charge in [0.15, 0.2) is 23.1 Å². The number of aromatic nitrogens is 3. The second kappa shape index (κ2) is 9.24. The lowest BCUT2D eigenvalue weighted by Gasteiger charge is -2.10. The lowest BCUT2D eigenvalue weighted by Crippen LogP contribution is -2.14. The number of benzene rings is 2. The van der Waals surface area contributed by atoms with Crippen LogP contribution in [0.25, 0.3) is 22.8 Å². The Kier molecular flexibility index (Phi) is 6.04. The summed E-state index contributed by atoms with van der Waals surface area (Å²) in [6.07, 6.45) is 4.42. The first-order chi connectivity index (χ1) is 16.0. The highest BCUT2D eigenvalue weighted by molar-refractivity contribution is 6.02. The molecular weight excluding hydrogens is 418 g/mol. The normalized spacial score (nSPS) is 10.8. The summed E-state index contributed by atoms with van der Waals surface area (Å²) in [6.45, 7) is 1.98. The van der Waals surface area contributed by atoms with Crippen molar-refractivity contribution in [3.05, 3.63) is 77.5 Å². The molecule has 4 rings (SSSR count). The van der Waals surface area contributed by atoms with Crippen LogP contribution in [0.4, 0.5) is 5.82 Å². The highest BCUT2D eigenvalue weighted by Crippen LogP contribution is 2.28. The molecule has 0 radical (unpaired) electrons. The van der Waals surface area contributed by atoms with Crippen molar-refractivity contribution in [2.45, 2.75) is 6.92 Å². The zero-order chi connectivity index (χ0) is 23.4. The molecule has 0 fully saturated rings. The molecule has 4 aromatic rings. The maximum absolute atomic E-state index is 12.7. The van der Waals surface area contributed by atoms with Crippen molar-refractivity contribution >= 4 is 28.7 Å². The average Bonchev–Trinajstić information content (AvgIpc) is 3.24. The highest BCUT2D eigenvalue weighted by Gasteiger charge is 2.16. The van der Waals surface area contributed by atoms with Crippen LogP contribution < -0.4 is 14.8 Å². The Labute approximate surface area is 190 Å². The van der Waals surface area contributed by atoms with Crippen LogP contribution in [0, 0.1) is 18.3 Å². The molecular formula is C25H21N5O3. The number of nitriles is 1. The molecule has 0 saturated carbocycles. The Morgan fingerprint density at radius 2 is 1.91 bits per heavy atom. The first-order valence-electron chi connectivity index (χ1n) is 10.1. The van der Waals surface area contributed by atoms with Crippen molar-refractivity contribution in [3.63, 3.8) is 0 Å². The standard InChI is InChI=1S/C25H21N5O3/c1-16-12-23(28-20-7-5-4-6-19(16)20)30-25(18(14-26)15-27-30)29-24(31)11-9-17-8-10-21(32-2)22(13-17)33-3/h4-13,15H,1-3H3,(H,29,31)/b11-9+. The van der Waals surface area contributed by atoms with Gasteiger partial charge >= 0.3 is 0 Å². The third-order valence-electron chi connectivity index (χ3n) is 5.09. The van der Waals surface area contributed by atoms with E-state index >= 15 is 0 Å². The largest absolute Gasteiger partial charge is 0.493 e. The number of para-hydroxylation sites is 1. The fourth-order valence-electron chi connectivity index (χ4n) is 3.45. The zero-order valence-corrected chi connectivity index (χ0v) is 18.4. The molecule has 0 aliphatic heterocycles. The number of rotatable bonds is 6. The molecule has 0 unspecified atom stereocenters. The molecule has 0 atom stereocenters. The number of anilines is 1. The summed E-state index contributed by atoms with van der Waals surface area (Å²) >= 11 is 0. The van der Waals surface area contributed by atoms with E-state index in [1.807, 2.05) is 37.3 Å². The topological polar surface area (TPSA) is 102 Å². The van der Waals surface area contributed by atoms with Gasteiger partial charge < -0.3 is 14.8 Å². The van der Waals surface area contributed by atoms with Crippen LogP contribution in [-0.4, -0.2) is 34.9 Å². The minimum Gasteiger partial charge on any atom is -0.493 e. The van der Waals surface area contributed by atoms with Crippen molar-refractivity contribution in [1.82, 2.24) is 14.8 Å². The van der Waals surface area contributed by atoms with Crippen molar-refractivity contribution in [2.24, 2.45) is 0 Å². The van der Waals surface area contributed by atoms with Gasteiger partial charge in [-0.05, 0) is 48.4 Å². The predicted molar refractivity (Wildman–Crippen MR) is 126 cm³/mol. The molecule has 1 amide bonds. The quantitative estimate of drug-likeness (QED) is 0.450. The lowest BCUT2D eigenvalue weighted by atomic mass is 10.1. The molecule has 0 spiro atoms. The second-order valence-electron chi connectivity index (χ2n) is 7.18. The van der Waals surface area contributed by atoms with Crippen LogP contribution in [0.1, 0.15) is 16.7 Å². The summed E-state index contributed by atoms with van der Waals surface area (Å²) in [4.78, 5) is 17.3. The molecule has 2 aromatic heterocycles. The molecule has 0 saturated heterocycles. The number of amides is 1. The Morgan fingerprint density at radius 3 is 2.67 bits per heavy atom. The number of nitrogens with zero attached hydrogens (tertiary/aromatic N) is 4. The number of carbonyl (C=O) groups is 1. The summed E-state index contributed by atoms with van der Waals surface area (Å²) in [5, 5.41) is 17.6. The molecule has 0 aliphatic carbocycles. The van der Waals surface area contributed by atoms with Crippen molar-refractivity contribution in [1.29, 1.82) is 5.26 Å². The molecule has 164 valence electrons. The van der Waals surface area contributed by atoms with E-state index in [0.717, 1.165) is 22.0 Å². The minimum atomic E-state index is -0.416. The molecule has 2 heterocycles. The van der Waals surface area contributed by atoms with Crippen LogP contribution in [0.3, 0.4) is 0 Å². The Balaban J connectivity index is 1.63. The predicted octanol–water partition coefficient (Wildman–Crippen LogP) is 4.27. The summed E-state index contributed by atoms with van der Waals surface area (Å²) < 4.78 is 12.0. The molecule has 33 heavy (non-hydrogen) atoms. The van der Waals surface area contributed by atoms with E-state index in [-0.39, 0.29) is 11.4 Å². The Morgan fingerprint density at radius 1 is 1.12 bits per heavy atom. The van der Waals surface area contributed by atoms with Crippen LogP contribution in [-0.2, 0) is 4.79 Å². The SMILES string of the molecule is COc1ccc(/C=C/C(=O)Nc2c(C#N)cnn2-c2cc(C)c3ccccc3n2)cc1OC. The lowest BCUT2D eigenvalue weighted by molar-refractivity contribution is -0.111. The smallest absolute Gasteiger partial charge is 0.249 e. The van der Waals surface area contributed by atoms with Gasteiger partial charge in [0.05, 0.1) is 25.9 Å². The van der Waals surface area contributed by atoms with Crippen molar-refractivity contribution in [3.8, 4) is 23.4 Å². The van der Waals surface area contributed by atoms with Gasteiger partial charge in [0.1, 0.15) is 11.6 Å². The summed E-state index contributed by atoms with van der Waals surface area (Å²) in [7, 11) is 3.10. The second-order valence-corrected chi connectivity index (χ2v) is 7.18. The summed E-state index contributed by atoms with van der Waals surface area (Å²) in [6, 6.07) is 17.0. The van der Waals surface area contributed by atoms with Gasteiger partial charge in [-0.2, -0.15) is 15.0 Å². The van der Waals surface area contributed by atoms with E-state index in [1.165, 1.54) is 17.0 Å². The van der Waals surface area contributed by atoms with Crippen molar-refractivity contribution < 1.29 is 14.3 Å². The Hall–Kier alpha value is -4.64. The third-order valence-corrected chi connectivity index (χ3v) is 5.09. The van der Waals surface area contributed by atoms with Crippen LogP contribution in [0.2, 0.25) is 0 Å².